The zero-order valence-electron chi connectivity index (χ0n) is 13.3. The van der Waals surface area contributed by atoms with Crippen LogP contribution in [-0.4, -0.2) is 31.7 Å². The van der Waals surface area contributed by atoms with Crippen LogP contribution in [0.4, 0.5) is 0 Å². The number of methoxy groups -OCH3 is 1. The van der Waals surface area contributed by atoms with E-state index in [-0.39, 0.29) is 11.6 Å². The quantitative estimate of drug-likeness (QED) is 0.598. The number of nitrogens with one attached hydrogen (secondary N) is 2. The van der Waals surface area contributed by atoms with Crippen LogP contribution in [-0.2, 0) is 4.79 Å². The van der Waals surface area contributed by atoms with Gasteiger partial charge in [0.15, 0.2) is 0 Å². The van der Waals surface area contributed by atoms with Crippen molar-refractivity contribution < 1.29 is 14.3 Å². The van der Waals surface area contributed by atoms with E-state index in [1.165, 1.54) is 24.4 Å². The van der Waals surface area contributed by atoms with Crippen molar-refractivity contribution in [1.29, 1.82) is 0 Å². The van der Waals surface area contributed by atoms with Gasteiger partial charge in [0.1, 0.15) is 5.75 Å². The first-order chi connectivity index (χ1) is 12.0. The van der Waals surface area contributed by atoms with Gasteiger partial charge in [-0.25, -0.2) is 5.43 Å². The Kier molecular flexibility index (Phi) is 6.80. The topological polar surface area (TPSA) is 79.8 Å². The van der Waals surface area contributed by atoms with Gasteiger partial charge in [-0.3, -0.25) is 9.59 Å². The standard InChI is InChI=1S/C17H15Cl2N3O3/c1-25-15-5-3-2-4-12(15)9-21-22-16(23)10-20-17(24)11-6-7-13(18)14(19)8-11/h2-9H,10H2,1H3,(H,20,24)(H,22,23)/b21-9-. The van der Waals surface area contributed by atoms with Gasteiger partial charge in [0, 0.05) is 11.1 Å². The highest BCUT2D eigenvalue weighted by molar-refractivity contribution is 6.42. The number of nitrogens with zero attached hydrogens (tertiary/aromatic N) is 1. The normalized spacial score (nSPS) is 10.5. The second-order valence-electron chi connectivity index (χ2n) is 4.85. The lowest BCUT2D eigenvalue weighted by atomic mass is 10.2. The Morgan fingerprint density at radius 2 is 1.92 bits per heavy atom. The van der Waals surface area contributed by atoms with Gasteiger partial charge in [-0.15, -0.1) is 0 Å². The predicted octanol–water partition coefficient (Wildman–Crippen LogP) is 2.88. The Labute approximate surface area is 154 Å². The van der Waals surface area contributed by atoms with Crippen LogP contribution >= 0.6 is 23.2 Å². The lowest BCUT2D eigenvalue weighted by Crippen LogP contribution is -2.34. The number of rotatable bonds is 6. The van der Waals surface area contributed by atoms with Crippen LogP contribution in [0.15, 0.2) is 47.6 Å². The van der Waals surface area contributed by atoms with Crippen LogP contribution in [0.2, 0.25) is 10.0 Å². The Bertz CT molecular complexity index is 809. The van der Waals surface area contributed by atoms with Crippen LogP contribution in [0.3, 0.4) is 0 Å². The maximum absolute atomic E-state index is 11.9. The van der Waals surface area contributed by atoms with Gasteiger partial charge in [-0.1, -0.05) is 35.3 Å². The minimum atomic E-state index is -0.473. The smallest absolute Gasteiger partial charge is 0.259 e. The van der Waals surface area contributed by atoms with E-state index >= 15 is 0 Å². The average Bonchev–Trinajstić information content (AvgIpc) is 2.62. The van der Waals surface area contributed by atoms with Crippen molar-refractivity contribution in [3.8, 4) is 5.75 Å². The van der Waals surface area contributed by atoms with E-state index in [9.17, 15) is 9.59 Å². The van der Waals surface area contributed by atoms with Crippen LogP contribution in [0.5, 0.6) is 5.75 Å². The summed E-state index contributed by atoms with van der Waals surface area (Å²) in [6, 6.07) is 11.7. The number of hydrogen-bond acceptors (Lipinski definition) is 4. The number of amides is 2. The molecule has 0 fully saturated rings. The maximum Gasteiger partial charge on any atom is 0.259 e. The van der Waals surface area contributed by atoms with E-state index in [1.807, 2.05) is 12.1 Å². The fourth-order valence-electron chi connectivity index (χ4n) is 1.89. The molecule has 2 aromatic carbocycles. The second kappa shape index (κ2) is 9.05. The molecule has 25 heavy (non-hydrogen) atoms. The first kappa shape index (κ1) is 18.8. The van der Waals surface area contributed by atoms with E-state index in [2.05, 4.69) is 15.8 Å². The Morgan fingerprint density at radius 3 is 2.64 bits per heavy atom. The largest absolute Gasteiger partial charge is 0.496 e. The summed E-state index contributed by atoms with van der Waals surface area (Å²) in [6.07, 6.45) is 1.46. The molecule has 0 aliphatic heterocycles. The molecule has 0 bridgehead atoms. The molecule has 2 aromatic rings. The molecule has 2 rings (SSSR count). The molecule has 0 radical (unpaired) electrons. The van der Waals surface area contributed by atoms with Crippen LogP contribution in [0.25, 0.3) is 0 Å². The van der Waals surface area contributed by atoms with Gasteiger partial charge in [0.25, 0.3) is 11.8 Å². The molecular formula is C17H15Cl2N3O3. The number of hydrogen-bond donors (Lipinski definition) is 2. The van der Waals surface area contributed by atoms with Crippen LogP contribution in [0, 0.1) is 0 Å². The molecule has 0 aliphatic rings. The third-order valence-electron chi connectivity index (χ3n) is 3.12. The van der Waals surface area contributed by atoms with E-state index in [1.54, 1.807) is 19.2 Å². The first-order valence-electron chi connectivity index (χ1n) is 7.19. The summed E-state index contributed by atoms with van der Waals surface area (Å²) in [6.45, 7) is -0.234. The molecule has 0 saturated carbocycles. The second-order valence-corrected chi connectivity index (χ2v) is 5.66. The van der Waals surface area contributed by atoms with E-state index in [0.29, 0.717) is 21.9 Å². The molecule has 6 nitrogen and oxygen atoms in total. The fourth-order valence-corrected chi connectivity index (χ4v) is 2.18. The Hall–Kier alpha value is -2.57. The van der Waals surface area contributed by atoms with Crippen LogP contribution < -0.4 is 15.5 Å². The molecule has 0 saturated heterocycles. The molecule has 0 spiro atoms. The zero-order valence-corrected chi connectivity index (χ0v) is 14.8. The van der Waals surface area contributed by atoms with Crippen molar-refractivity contribution >= 4 is 41.2 Å². The maximum atomic E-state index is 11.9. The number of carbonyl (C=O) groups excluding carboxylic acids is 2. The number of ether oxygens (including phenoxy) is 1. The van der Waals surface area contributed by atoms with Crippen molar-refractivity contribution in [2.24, 2.45) is 5.10 Å². The van der Waals surface area contributed by atoms with Gasteiger partial charge in [-0.2, -0.15) is 5.10 Å². The molecule has 2 N–H and O–H groups in total. The number of benzene rings is 2. The fraction of sp³-hybridized carbons (Fsp3) is 0.118. The lowest BCUT2D eigenvalue weighted by molar-refractivity contribution is -0.120. The third kappa shape index (κ3) is 5.48. The van der Waals surface area contributed by atoms with Gasteiger partial charge in [0.2, 0.25) is 0 Å². The van der Waals surface area contributed by atoms with Crippen molar-refractivity contribution in [2.75, 3.05) is 13.7 Å². The predicted molar refractivity (Wildman–Crippen MR) is 97.5 cm³/mol. The average molecular weight is 380 g/mol. The molecule has 0 aromatic heterocycles. The number of halogens is 2. The van der Waals surface area contributed by atoms with Crippen molar-refractivity contribution in [3.05, 3.63) is 63.6 Å². The molecule has 8 heteroatoms. The number of para-hydroxylation sites is 1. The van der Waals surface area contributed by atoms with Gasteiger partial charge < -0.3 is 10.1 Å². The number of hydrazone groups is 1. The molecule has 2 amide bonds. The molecule has 0 unspecified atom stereocenters. The summed E-state index contributed by atoms with van der Waals surface area (Å²) in [5.74, 6) is -0.282. The zero-order chi connectivity index (χ0) is 18.2. The van der Waals surface area contributed by atoms with Crippen molar-refractivity contribution in [1.82, 2.24) is 10.7 Å². The molecular weight excluding hydrogens is 365 g/mol. The molecule has 0 heterocycles. The monoisotopic (exact) mass is 379 g/mol. The summed E-state index contributed by atoms with van der Waals surface area (Å²) in [7, 11) is 1.55. The van der Waals surface area contributed by atoms with Crippen molar-refractivity contribution in [3.63, 3.8) is 0 Å². The SMILES string of the molecule is COc1ccccc1/C=N\NC(=O)CNC(=O)c1ccc(Cl)c(Cl)c1. The summed E-state index contributed by atoms with van der Waals surface area (Å²) in [5.41, 5.74) is 3.34. The van der Waals surface area contributed by atoms with Gasteiger partial charge in [0.05, 0.1) is 29.9 Å². The number of carbonyl (C=O) groups is 2. The third-order valence-corrected chi connectivity index (χ3v) is 3.86. The van der Waals surface area contributed by atoms with Crippen molar-refractivity contribution in [2.45, 2.75) is 0 Å². The highest BCUT2D eigenvalue weighted by Crippen LogP contribution is 2.22. The van der Waals surface area contributed by atoms with E-state index < -0.39 is 11.8 Å². The minimum Gasteiger partial charge on any atom is -0.496 e. The lowest BCUT2D eigenvalue weighted by Gasteiger charge is -2.06. The van der Waals surface area contributed by atoms with Gasteiger partial charge >= 0.3 is 0 Å². The van der Waals surface area contributed by atoms with Crippen LogP contribution in [0.1, 0.15) is 15.9 Å². The molecule has 130 valence electrons. The summed E-state index contributed by atoms with van der Waals surface area (Å²) < 4.78 is 5.17. The minimum absolute atomic E-state index is 0.234. The first-order valence-corrected chi connectivity index (χ1v) is 7.95. The molecule has 0 aliphatic carbocycles. The van der Waals surface area contributed by atoms with Gasteiger partial charge in [-0.05, 0) is 30.3 Å². The van der Waals surface area contributed by atoms with E-state index in [4.69, 9.17) is 27.9 Å². The Balaban J connectivity index is 1.85. The molecule has 0 atom stereocenters. The summed E-state index contributed by atoms with van der Waals surface area (Å²) in [4.78, 5) is 23.7. The summed E-state index contributed by atoms with van der Waals surface area (Å²) in [5, 5.41) is 6.91. The highest BCUT2D eigenvalue weighted by Gasteiger charge is 2.09. The van der Waals surface area contributed by atoms with E-state index in [0.717, 1.165) is 0 Å². The Morgan fingerprint density at radius 1 is 1.16 bits per heavy atom. The highest BCUT2D eigenvalue weighted by atomic mass is 35.5. The summed E-state index contributed by atoms with van der Waals surface area (Å²) >= 11 is 11.6.